The van der Waals surface area contributed by atoms with Gasteiger partial charge in [-0.05, 0) is 122 Å². The summed E-state index contributed by atoms with van der Waals surface area (Å²) < 4.78 is 6.00. The molecule has 5 fully saturated rings. The van der Waals surface area contributed by atoms with Crippen LogP contribution in [0, 0.1) is 56.7 Å². The van der Waals surface area contributed by atoms with Crippen LogP contribution in [-0.4, -0.2) is 29.1 Å². The van der Waals surface area contributed by atoms with Crippen molar-refractivity contribution in [1.82, 2.24) is 0 Å². The summed E-state index contributed by atoms with van der Waals surface area (Å²) in [7, 11) is 0. The fourth-order valence-corrected chi connectivity index (χ4v) is 12.1. The number of fused-ring (bicyclic) bond motifs is 7. The van der Waals surface area contributed by atoms with Gasteiger partial charge in [-0.1, -0.05) is 90.4 Å². The maximum absolute atomic E-state index is 12.2. The van der Waals surface area contributed by atoms with Crippen LogP contribution in [0.15, 0.2) is 12.2 Å². The van der Waals surface area contributed by atoms with Crippen LogP contribution in [-0.2, 0) is 9.53 Å². The maximum Gasteiger partial charge on any atom is 0.316 e. The molecule has 0 radical (unpaired) electrons. The van der Waals surface area contributed by atoms with Gasteiger partial charge in [0.05, 0.1) is 0 Å². The first-order chi connectivity index (χ1) is 18.8. The number of hydrogen-bond acceptors (Lipinski definition) is 3. The minimum Gasteiger partial charge on any atom is -0.461 e. The average molecular weight is 624 g/mol. The van der Waals surface area contributed by atoms with Crippen molar-refractivity contribution >= 4 is 21.9 Å². The molecule has 10 atom stereocenters. The summed E-state index contributed by atoms with van der Waals surface area (Å²) in [6, 6.07) is 0. The third kappa shape index (κ3) is 4.89. The van der Waals surface area contributed by atoms with Crippen molar-refractivity contribution < 1.29 is 14.6 Å². The Hall–Kier alpha value is -0.350. The van der Waals surface area contributed by atoms with E-state index in [4.69, 9.17) is 4.74 Å². The van der Waals surface area contributed by atoms with Gasteiger partial charge in [0.25, 0.3) is 0 Å². The Balaban J connectivity index is 0.00000106. The van der Waals surface area contributed by atoms with E-state index in [1.54, 1.807) is 0 Å². The molecule has 1 N–H and O–H groups in total. The second kappa shape index (κ2) is 12.3. The summed E-state index contributed by atoms with van der Waals surface area (Å²) in [4.78, 5) is 12.2. The van der Waals surface area contributed by atoms with Gasteiger partial charge in [0.15, 0.2) is 0 Å². The molecule has 0 aromatic rings. The van der Waals surface area contributed by atoms with E-state index in [9.17, 15) is 9.90 Å². The van der Waals surface area contributed by atoms with Crippen molar-refractivity contribution in [2.45, 2.75) is 140 Å². The molecule has 4 heteroatoms. The minimum absolute atomic E-state index is 0.000972. The van der Waals surface area contributed by atoms with Gasteiger partial charge in [-0.15, -0.1) is 0 Å². The van der Waals surface area contributed by atoms with E-state index in [0.29, 0.717) is 47.0 Å². The van der Waals surface area contributed by atoms with Gasteiger partial charge in [0.2, 0.25) is 0 Å². The van der Waals surface area contributed by atoms with E-state index >= 15 is 0 Å². The van der Waals surface area contributed by atoms with E-state index < -0.39 is 0 Å². The predicted octanol–water partition coefficient (Wildman–Crippen LogP) is 10.00. The third-order valence-corrected chi connectivity index (χ3v) is 14.3. The lowest BCUT2D eigenvalue weighted by Crippen LogP contribution is -2.67. The molecule has 40 heavy (non-hydrogen) atoms. The van der Waals surface area contributed by atoms with Crippen LogP contribution < -0.4 is 0 Å². The highest BCUT2D eigenvalue weighted by molar-refractivity contribution is 9.09. The van der Waals surface area contributed by atoms with Crippen molar-refractivity contribution in [3.8, 4) is 0 Å². The SMILES string of the molecule is C=C(C)[C@@H]1CCC2(CO)CC[C@]3(C)C(CCC4[C@@]5(C)CC[C@H](OC(=O)CBr)C(C)(C)C5CC[C@]43C)C12.CC.CC. The molecular formula is C36H63BrO3. The minimum atomic E-state index is -0.122. The highest BCUT2D eigenvalue weighted by Crippen LogP contribution is 2.77. The van der Waals surface area contributed by atoms with Crippen LogP contribution in [0.3, 0.4) is 0 Å². The maximum atomic E-state index is 12.2. The molecule has 5 aliphatic carbocycles. The molecule has 5 aliphatic rings. The van der Waals surface area contributed by atoms with Crippen LogP contribution in [0.4, 0.5) is 0 Å². The molecule has 3 nitrogen and oxygen atoms in total. The number of esters is 1. The number of rotatable bonds is 4. The van der Waals surface area contributed by atoms with Crippen molar-refractivity contribution in [1.29, 1.82) is 0 Å². The lowest BCUT2D eigenvalue weighted by Gasteiger charge is -2.73. The smallest absolute Gasteiger partial charge is 0.316 e. The van der Waals surface area contributed by atoms with Gasteiger partial charge in [-0.2, -0.15) is 0 Å². The van der Waals surface area contributed by atoms with Gasteiger partial charge >= 0.3 is 5.97 Å². The van der Waals surface area contributed by atoms with Crippen molar-refractivity contribution in [3.05, 3.63) is 12.2 Å². The molecule has 0 aromatic heterocycles. The van der Waals surface area contributed by atoms with Crippen molar-refractivity contribution in [2.24, 2.45) is 56.7 Å². The Morgan fingerprint density at radius 3 is 2.08 bits per heavy atom. The Kier molecular flexibility index (Phi) is 10.5. The number of aliphatic hydroxyl groups excluding tert-OH is 1. The summed E-state index contributed by atoms with van der Waals surface area (Å²) in [5, 5.41) is 11.0. The van der Waals surface area contributed by atoms with Gasteiger partial charge in [-0.3, -0.25) is 4.79 Å². The van der Waals surface area contributed by atoms with Crippen LogP contribution in [0.25, 0.3) is 0 Å². The molecule has 0 bridgehead atoms. The quantitative estimate of drug-likeness (QED) is 0.193. The number of halogens is 1. The summed E-state index contributed by atoms with van der Waals surface area (Å²) in [5.41, 5.74) is 2.39. The molecule has 5 saturated carbocycles. The lowest BCUT2D eigenvalue weighted by atomic mass is 9.32. The summed E-state index contributed by atoms with van der Waals surface area (Å²) in [5.74, 6) is 3.03. The molecule has 5 rings (SSSR count). The van der Waals surface area contributed by atoms with E-state index in [0.717, 1.165) is 6.42 Å². The molecular weight excluding hydrogens is 560 g/mol. The zero-order chi connectivity index (χ0) is 30.3. The highest BCUT2D eigenvalue weighted by atomic mass is 79.9. The molecule has 0 aromatic carbocycles. The second-order valence-electron chi connectivity index (χ2n) is 15.2. The van der Waals surface area contributed by atoms with Crippen LogP contribution in [0.2, 0.25) is 0 Å². The van der Waals surface area contributed by atoms with E-state index in [1.165, 1.54) is 63.4 Å². The number of carbonyl (C=O) groups excluding carboxylic acids is 1. The zero-order valence-electron chi connectivity index (χ0n) is 27.8. The fraction of sp³-hybridized carbons (Fsp3) is 0.917. The molecule has 0 heterocycles. The topological polar surface area (TPSA) is 46.5 Å². The van der Waals surface area contributed by atoms with Crippen LogP contribution in [0.5, 0.6) is 0 Å². The van der Waals surface area contributed by atoms with Crippen LogP contribution in [0.1, 0.15) is 133 Å². The van der Waals surface area contributed by atoms with E-state index in [-0.39, 0.29) is 33.6 Å². The van der Waals surface area contributed by atoms with E-state index in [2.05, 4.69) is 64.1 Å². The number of ether oxygens (including phenoxy) is 1. The summed E-state index contributed by atoms with van der Waals surface area (Å²) in [6.07, 6.45) is 12.2. The highest BCUT2D eigenvalue weighted by Gasteiger charge is 2.71. The number of carbonyl (C=O) groups is 1. The summed E-state index contributed by atoms with van der Waals surface area (Å²) in [6.45, 7) is 27.8. The van der Waals surface area contributed by atoms with Crippen LogP contribution >= 0.6 is 15.9 Å². The molecule has 5 unspecified atom stereocenters. The normalized spacial score (nSPS) is 46.5. The Morgan fingerprint density at radius 2 is 1.50 bits per heavy atom. The molecule has 232 valence electrons. The Labute approximate surface area is 256 Å². The molecule has 0 saturated heterocycles. The van der Waals surface area contributed by atoms with Gasteiger partial charge in [-0.25, -0.2) is 0 Å². The largest absolute Gasteiger partial charge is 0.461 e. The molecule has 0 amide bonds. The predicted molar refractivity (Wildman–Crippen MR) is 172 cm³/mol. The first-order valence-electron chi connectivity index (χ1n) is 16.8. The zero-order valence-corrected chi connectivity index (χ0v) is 29.4. The first kappa shape index (κ1) is 34.1. The summed E-state index contributed by atoms with van der Waals surface area (Å²) >= 11 is 3.30. The van der Waals surface area contributed by atoms with Crippen molar-refractivity contribution in [3.63, 3.8) is 0 Å². The Bertz CT molecular complexity index is 914. The number of allylic oxidation sites excluding steroid dienone is 1. The monoisotopic (exact) mass is 622 g/mol. The first-order valence-corrected chi connectivity index (χ1v) is 17.9. The average Bonchev–Trinajstić information content (AvgIpc) is 3.33. The van der Waals surface area contributed by atoms with Gasteiger partial charge in [0, 0.05) is 12.0 Å². The van der Waals surface area contributed by atoms with E-state index in [1.807, 2.05) is 27.7 Å². The van der Waals surface area contributed by atoms with Gasteiger partial charge < -0.3 is 9.84 Å². The molecule has 0 aliphatic heterocycles. The molecule has 0 spiro atoms. The van der Waals surface area contributed by atoms with Gasteiger partial charge in [0.1, 0.15) is 11.4 Å². The fourth-order valence-electron chi connectivity index (χ4n) is 11.9. The lowest BCUT2D eigenvalue weighted by molar-refractivity contribution is -0.251. The Morgan fingerprint density at radius 1 is 0.850 bits per heavy atom. The third-order valence-electron chi connectivity index (χ3n) is 13.9. The number of hydrogen-bond donors (Lipinski definition) is 1. The standard InChI is InChI=1S/C32H51BrO3.2C2H6/c1-20(2)21-10-15-32(19-34)17-16-30(6)22(27(21)32)8-9-24-29(5)13-12-25(36-26(35)18-33)28(3,4)23(29)11-14-31(24,30)7;2*1-2/h21-25,27,34H,1,8-19H2,2-7H3;2*1-2H3/t21-,22?,23?,24?,25-,27?,29-,30+,31+,32?;;/m0../s1. The number of aliphatic hydroxyl groups is 1. The number of alkyl halides is 1. The van der Waals surface area contributed by atoms with Crippen molar-refractivity contribution in [2.75, 3.05) is 11.9 Å². The second-order valence-corrected chi connectivity index (χ2v) is 15.7.